The molecule has 1 aromatic carbocycles. The summed E-state index contributed by atoms with van der Waals surface area (Å²) >= 11 is 1.96. The van der Waals surface area contributed by atoms with E-state index in [-0.39, 0.29) is 0 Å². The largest absolute Gasteiger partial charge is 0.342 e. The molecule has 1 aromatic rings. The Balaban J connectivity index is 1.69. The first kappa shape index (κ1) is 16.0. The Morgan fingerprint density at radius 1 is 1.21 bits per heavy atom. The van der Waals surface area contributed by atoms with Gasteiger partial charge in [-0.3, -0.25) is 0 Å². The maximum atomic E-state index is 9.06. The van der Waals surface area contributed by atoms with E-state index in [1.807, 2.05) is 30.0 Å². The fraction of sp³-hybridized carbons (Fsp3) is 0.600. The van der Waals surface area contributed by atoms with E-state index in [2.05, 4.69) is 17.9 Å². The summed E-state index contributed by atoms with van der Waals surface area (Å²) in [6.07, 6.45) is 10.8. The molecule has 126 valence electrons. The number of aliphatic imine (C=N–C) groups is 1. The van der Waals surface area contributed by atoms with E-state index in [9.17, 15) is 0 Å². The van der Waals surface area contributed by atoms with Crippen LogP contribution < -0.4 is 0 Å². The second kappa shape index (κ2) is 6.44. The normalized spacial score (nSPS) is 25.0. The maximum Gasteiger partial charge on any atom is 0.165 e. The minimum atomic E-state index is 0.374. The fourth-order valence-electron chi connectivity index (χ4n) is 4.70. The molecule has 3 aliphatic rings. The molecule has 0 aromatic heterocycles. The molecule has 2 saturated carbocycles. The van der Waals surface area contributed by atoms with Gasteiger partial charge in [-0.1, -0.05) is 37.4 Å². The molecule has 1 saturated heterocycles. The Labute approximate surface area is 149 Å². The number of nitrogens with zero attached hydrogens (tertiary/aromatic N) is 3. The first-order valence-electron chi connectivity index (χ1n) is 9.23. The molecule has 1 spiro atoms. The van der Waals surface area contributed by atoms with Crippen molar-refractivity contribution in [1.82, 2.24) is 4.90 Å². The van der Waals surface area contributed by atoms with Crippen LogP contribution in [0.3, 0.4) is 0 Å². The summed E-state index contributed by atoms with van der Waals surface area (Å²) in [5, 5.41) is 10.3. The summed E-state index contributed by atoms with van der Waals surface area (Å²) < 4.78 is 0. The number of thioether (sulfide) groups is 1. The summed E-state index contributed by atoms with van der Waals surface area (Å²) in [5.74, 6) is 1.21. The van der Waals surface area contributed by atoms with Crippen molar-refractivity contribution in [1.29, 1.82) is 5.26 Å². The van der Waals surface area contributed by atoms with Crippen LogP contribution in [0.2, 0.25) is 0 Å². The SMILES string of the molecule is Cc1cc(C#N)ccc1/N=C1/SCC2(CCCC2)N1C1CCCC1. The number of rotatable bonds is 2. The minimum Gasteiger partial charge on any atom is -0.342 e. The maximum absolute atomic E-state index is 9.06. The molecular formula is C20H25N3S. The molecule has 24 heavy (non-hydrogen) atoms. The topological polar surface area (TPSA) is 39.4 Å². The van der Waals surface area contributed by atoms with Gasteiger partial charge in [0.05, 0.1) is 22.9 Å². The van der Waals surface area contributed by atoms with Gasteiger partial charge in [0.25, 0.3) is 0 Å². The van der Waals surface area contributed by atoms with Crippen molar-refractivity contribution in [2.45, 2.75) is 69.9 Å². The average molecular weight is 340 g/mol. The minimum absolute atomic E-state index is 0.374. The fourth-order valence-corrected chi connectivity index (χ4v) is 6.18. The van der Waals surface area contributed by atoms with Gasteiger partial charge in [-0.2, -0.15) is 5.26 Å². The van der Waals surface area contributed by atoms with E-state index in [0.29, 0.717) is 11.6 Å². The van der Waals surface area contributed by atoms with E-state index < -0.39 is 0 Å². The smallest absolute Gasteiger partial charge is 0.165 e. The molecule has 2 aliphatic carbocycles. The van der Waals surface area contributed by atoms with Crippen LogP contribution >= 0.6 is 11.8 Å². The predicted molar refractivity (Wildman–Crippen MR) is 101 cm³/mol. The molecule has 0 radical (unpaired) electrons. The van der Waals surface area contributed by atoms with Gasteiger partial charge in [0.15, 0.2) is 5.17 Å². The number of nitriles is 1. The lowest BCUT2D eigenvalue weighted by molar-refractivity contribution is 0.163. The summed E-state index contributed by atoms with van der Waals surface area (Å²) in [4.78, 5) is 7.81. The number of hydrogen-bond donors (Lipinski definition) is 0. The highest BCUT2D eigenvalue weighted by Gasteiger charge is 2.49. The number of aryl methyl sites for hydroxylation is 1. The highest BCUT2D eigenvalue weighted by Crippen LogP contribution is 2.48. The second-order valence-corrected chi connectivity index (χ2v) is 8.48. The quantitative estimate of drug-likeness (QED) is 0.747. The van der Waals surface area contributed by atoms with Crippen molar-refractivity contribution in [3.05, 3.63) is 29.3 Å². The molecule has 1 heterocycles. The number of amidine groups is 1. The molecule has 1 aliphatic heterocycles. The van der Waals surface area contributed by atoms with E-state index in [4.69, 9.17) is 10.3 Å². The van der Waals surface area contributed by atoms with E-state index in [0.717, 1.165) is 16.8 Å². The van der Waals surface area contributed by atoms with E-state index in [1.54, 1.807) is 0 Å². The third-order valence-electron chi connectivity index (χ3n) is 5.95. The Bertz CT molecular complexity index is 691. The van der Waals surface area contributed by atoms with E-state index >= 15 is 0 Å². The monoisotopic (exact) mass is 339 g/mol. The molecule has 4 rings (SSSR count). The molecule has 0 N–H and O–H groups in total. The summed E-state index contributed by atoms with van der Waals surface area (Å²) in [7, 11) is 0. The van der Waals surface area contributed by atoms with Crippen LogP contribution in [0.25, 0.3) is 0 Å². The van der Waals surface area contributed by atoms with Gasteiger partial charge in [-0.05, 0) is 56.4 Å². The van der Waals surface area contributed by atoms with Gasteiger partial charge in [0, 0.05) is 11.8 Å². The van der Waals surface area contributed by atoms with Gasteiger partial charge in [-0.25, -0.2) is 4.99 Å². The zero-order valence-electron chi connectivity index (χ0n) is 14.4. The zero-order chi connectivity index (χ0) is 16.6. The van der Waals surface area contributed by atoms with Crippen molar-refractivity contribution in [2.75, 3.05) is 5.75 Å². The van der Waals surface area contributed by atoms with Gasteiger partial charge in [0.2, 0.25) is 0 Å². The average Bonchev–Trinajstić information content (AvgIpc) is 3.32. The molecule has 4 heteroatoms. The highest BCUT2D eigenvalue weighted by atomic mass is 32.2. The standard InChI is InChI=1S/C20H25N3S/c1-15-12-16(13-21)8-9-18(15)22-19-23(17-6-2-3-7-17)20(14-24-19)10-4-5-11-20/h8-9,12,17H,2-7,10-11,14H2,1H3/b22-19+. The lowest BCUT2D eigenvalue weighted by atomic mass is 9.95. The van der Waals surface area contributed by atoms with Crippen LogP contribution in [0.4, 0.5) is 5.69 Å². The summed E-state index contributed by atoms with van der Waals surface area (Å²) in [6, 6.07) is 8.75. The van der Waals surface area contributed by atoms with Crippen LogP contribution in [-0.4, -0.2) is 27.4 Å². The molecular weight excluding hydrogens is 314 g/mol. The molecule has 3 fully saturated rings. The first-order valence-corrected chi connectivity index (χ1v) is 10.2. The molecule has 0 amide bonds. The van der Waals surface area contributed by atoms with Gasteiger partial charge in [-0.15, -0.1) is 0 Å². The molecule has 0 unspecified atom stereocenters. The van der Waals surface area contributed by atoms with Crippen molar-refractivity contribution in [3.63, 3.8) is 0 Å². The zero-order valence-corrected chi connectivity index (χ0v) is 15.2. The summed E-state index contributed by atoms with van der Waals surface area (Å²) in [5.41, 5.74) is 3.21. The highest BCUT2D eigenvalue weighted by molar-refractivity contribution is 8.14. The third kappa shape index (κ3) is 2.73. The van der Waals surface area contributed by atoms with Crippen molar-refractivity contribution >= 4 is 22.6 Å². The molecule has 0 atom stereocenters. The van der Waals surface area contributed by atoms with Crippen molar-refractivity contribution in [3.8, 4) is 6.07 Å². The summed E-state index contributed by atoms with van der Waals surface area (Å²) in [6.45, 7) is 2.06. The van der Waals surface area contributed by atoms with Gasteiger partial charge in [0.1, 0.15) is 0 Å². The Morgan fingerprint density at radius 2 is 1.96 bits per heavy atom. The number of hydrogen-bond acceptors (Lipinski definition) is 3. The van der Waals surface area contributed by atoms with Crippen LogP contribution in [0.15, 0.2) is 23.2 Å². The van der Waals surface area contributed by atoms with Crippen molar-refractivity contribution < 1.29 is 0 Å². The second-order valence-electron chi connectivity index (χ2n) is 7.54. The molecule has 3 nitrogen and oxygen atoms in total. The van der Waals surface area contributed by atoms with Gasteiger partial charge >= 0.3 is 0 Å². The Morgan fingerprint density at radius 3 is 2.62 bits per heavy atom. The Kier molecular flexibility index (Phi) is 4.30. The Hall–Kier alpha value is -1.47. The lowest BCUT2D eigenvalue weighted by Crippen LogP contribution is -2.50. The van der Waals surface area contributed by atoms with E-state index in [1.165, 1.54) is 62.3 Å². The van der Waals surface area contributed by atoms with Crippen LogP contribution in [0.5, 0.6) is 0 Å². The van der Waals surface area contributed by atoms with Gasteiger partial charge < -0.3 is 4.90 Å². The lowest BCUT2D eigenvalue weighted by Gasteiger charge is -2.40. The first-order chi connectivity index (χ1) is 11.7. The van der Waals surface area contributed by atoms with Crippen molar-refractivity contribution in [2.24, 2.45) is 4.99 Å². The third-order valence-corrected chi connectivity index (χ3v) is 7.18. The van der Waals surface area contributed by atoms with Crippen LogP contribution in [0, 0.1) is 18.3 Å². The van der Waals surface area contributed by atoms with Crippen LogP contribution in [-0.2, 0) is 0 Å². The predicted octanol–water partition coefficient (Wildman–Crippen LogP) is 5.16. The van der Waals surface area contributed by atoms with Crippen LogP contribution in [0.1, 0.15) is 62.5 Å². The molecule has 0 bridgehead atoms. The number of benzene rings is 1.